The third-order valence-corrected chi connectivity index (χ3v) is 3.98. The first kappa shape index (κ1) is 14.3. The number of amides is 1. The lowest BCUT2D eigenvalue weighted by molar-refractivity contribution is -0.122. The van der Waals surface area contributed by atoms with Crippen LogP contribution in [0.2, 0.25) is 0 Å². The summed E-state index contributed by atoms with van der Waals surface area (Å²) < 4.78 is 0. The molecule has 0 saturated carbocycles. The zero-order chi connectivity index (χ0) is 14.4. The van der Waals surface area contributed by atoms with Gasteiger partial charge < -0.3 is 4.90 Å². The molecule has 1 fully saturated rings. The van der Waals surface area contributed by atoms with Gasteiger partial charge in [-0.25, -0.2) is 0 Å². The van der Waals surface area contributed by atoms with E-state index in [1.807, 2.05) is 35.3 Å². The van der Waals surface area contributed by atoms with Crippen molar-refractivity contribution < 1.29 is 4.79 Å². The molecular formula is C18H21NO. The van der Waals surface area contributed by atoms with E-state index in [1.54, 1.807) is 6.08 Å². The number of rotatable bonds is 5. The first-order chi connectivity index (χ1) is 9.80. The molecule has 1 saturated heterocycles. The zero-order valence-corrected chi connectivity index (χ0v) is 11.7. The van der Waals surface area contributed by atoms with Crippen LogP contribution in [0.5, 0.6) is 0 Å². The van der Waals surface area contributed by atoms with Crippen LogP contribution in [0.4, 0.5) is 0 Å². The third kappa shape index (κ3) is 3.08. The van der Waals surface area contributed by atoms with Crippen LogP contribution in [0.3, 0.4) is 0 Å². The van der Waals surface area contributed by atoms with Gasteiger partial charge in [-0.2, -0.15) is 0 Å². The highest BCUT2D eigenvalue weighted by molar-refractivity contribution is 5.49. The topological polar surface area (TPSA) is 20.3 Å². The predicted octanol–water partition coefficient (Wildman–Crippen LogP) is 3.89. The molecule has 1 aliphatic rings. The maximum atomic E-state index is 11.3. The molecule has 1 aromatic carbocycles. The maximum absolute atomic E-state index is 11.3. The monoisotopic (exact) mass is 267 g/mol. The quantitative estimate of drug-likeness (QED) is 0.585. The van der Waals surface area contributed by atoms with E-state index < -0.39 is 0 Å². The van der Waals surface area contributed by atoms with E-state index in [0.29, 0.717) is 5.92 Å². The minimum absolute atomic E-state index is 0.153. The average molecular weight is 267 g/mol. The lowest BCUT2D eigenvalue weighted by Gasteiger charge is -2.38. The first-order valence-electron chi connectivity index (χ1n) is 7.01. The molecule has 0 radical (unpaired) electrons. The Balaban J connectivity index is 2.24. The Morgan fingerprint density at radius 3 is 2.60 bits per heavy atom. The number of benzene rings is 1. The van der Waals surface area contributed by atoms with Crippen molar-refractivity contribution in [2.45, 2.75) is 18.9 Å². The molecule has 1 aromatic rings. The van der Waals surface area contributed by atoms with Crippen LogP contribution in [0, 0.1) is 5.92 Å². The molecule has 1 aliphatic heterocycles. The second-order valence-corrected chi connectivity index (χ2v) is 5.10. The Bertz CT molecular complexity index is 503. The first-order valence-corrected chi connectivity index (χ1v) is 7.01. The summed E-state index contributed by atoms with van der Waals surface area (Å²) in [6.07, 6.45) is 8.63. The number of allylic oxidation sites excluding steroid dienone is 4. The third-order valence-electron chi connectivity index (χ3n) is 3.98. The maximum Gasteiger partial charge on any atom is 0.210 e. The van der Waals surface area contributed by atoms with Gasteiger partial charge in [0, 0.05) is 6.54 Å². The Morgan fingerprint density at radius 1 is 1.25 bits per heavy atom. The Hall–Kier alpha value is -2.09. The molecule has 2 heteroatoms. The average Bonchev–Trinajstić information content (AvgIpc) is 2.53. The molecule has 104 valence electrons. The molecule has 0 aliphatic carbocycles. The Labute approximate surface area is 121 Å². The van der Waals surface area contributed by atoms with Gasteiger partial charge in [0.25, 0.3) is 0 Å². The summed E-state index contributed by atoms with van der Waals surface area (Å²) in [5.41, 5.74) is 2.41. The highest BCUT2D eigenvalue weighted by Gasteiger charge is 2.29. The van der Waals surface area contributed by atoms with E-state index in [4.69, 9.17) is 0 Å². The Kier molecular flexibility index (Phi) is 4.94. The fraction of sp³-hybridized carbons (Fsp3) is 0.278. The van der Waals surface area contributed by atoms with Gasteiger partial charge in [0.1, 0.15) is 0 Å². The van der Waals surface area contributed by atoms with E-state index in [2.05, 4.69) is 25.3 Å². The summed E-state index contributed by atoms with van der Waals surface area (Å²) in [5, 5.41) is 0. The van der Waals surface area contributed by atoms with E-state index in [-0.39, 0.29) is 6.04 Å². The fourth-order valence-corrected chi connectivity index (χ4v) is 2.92. The molecule has 0 bridgehead atoms. The fourth-order valence-electron chi connectivity index (χ4n) is 2.92. The van der Waals surface area contributed by atoms with E-state index in [1.165, 1.54) is 11.1 Å². The van der Waals surface area contributed by atoms with Gasteiger partial charge in [0.2, 0.25) is 6.41 Å². The van der Waals surface area contributed by atoms with Crippen molar-refractivity contribution >= 4 is 6.41 Å². The molecule has 2 atom stereocenters. The summed E-state index contributed by atoms with van der Waals surface area (Å²) in [6, 6.07) is 10.4. The van der Waals surface area contributed by atoms with Gasteiger partial charge in [-0.1, -0.05) is 61.7 Å². The predicted molar refractivity (Wildman–Crippen MR) is 83.2 cm³/mol. The van der Waals surface area contributed by atoms with Crippen LogP contribution in [0.1, 0.15) is 24.4 Å². The minimum Gasteiger partial charge on any atom is -0.338 e. The van der Waals surface area contributed by atoms with Crippen LogP contribution in [0.25, 0.3) is 0 Å². The highest BCUT2D eigenvalue weighted by Crippen LogP contribution is 2.36. The molecule has 1 amide bonds. The number of carbonyl (C=O) groups excluding carboxylic acids is 1. The second-order valence-electron chi connectivity index (χ2n) is 5.10. The molecule has 0 spiro atoms. The van der Waals surface area contributed by atoms with E-state index in [9.17, 15) is 4.79 Å². The van der Waals surface area contributed by atoms with E-state index >= 15 is 0 Å². The molecule has 1 heterocycles. The van der Waals surface area contributed by atoms with Gasteiger partial charge in [0.05, 0.1) is 6.04 Å². The smallest absolute Gasteiger partial charge is 0.210 e. The van der Waals surface area contributed by atoms with E-state index in [0.717, 1.165) is 25.8 Å². The van der Waals surface area contributed by atoms with Gasteiger partial charge in [-0.3, -0.25) is 4.79 Å². The van der Waals surface area contributed by atoms with Crippen molar-refractivity contribution in [2.75, 3.05) is 6.54 Å². The normalized spacial score (nSPS) is 23.2. The van der Waals surface area contributed by atoms with Crippen molar-refractivity contribution in [3.8, 4) is 0 Å². The lowest BCUT2D eigenvalue weighted by Crippen LogP contribution is -2.36. The number of hydrogen-bond acceptors (Lipinski definition) is 1. The molecule has 0 N–H and O–H groups in total. The van der Waals surface area contributed by atoms with Gasteiger partial charge in [-0.05, 0) is 29.9 Å². The van der Waals surface area contributed by atoms with Gasteiger partial charge >= 0.3 is 0 Å². The summed E-state index contributed by atoms with van der Waals surface area (Å²) in [6.45, 7) is 8.44. The zero-order valence-electron chi connectivity index (χ0n) is 11.7. The molecular weight excluding hydrogens is 246 g/mol. The van der Waals surface area contributed by atoms with Crippen molar-refractivity contribution in [1.29, 1.82) is 0 Å². The summed E-state index contributed by atoms with van der Waals surface area (Å²) in [7, 11) is 0. The Morgan fingerprint density at radius 2 is 2.00 bits per heavy atom. The van der Waals surface area contributed by atoms with Crippen molar-refractivity contribution in [1.82, 2.24) is 4.90 Å². The lowest BCUT2D eigenvalue weighted by atomic mass is 9.82. The summed E-state index contributed by atoms with van der Waals surface area (Å²) >= 11 is 0. The van der Waals surface area contributed by atoms with Crippen LogP contribution in [-0.4, -0.2) is 17.9 Å². The second kappa shape index (κ2) is 6.90. The van der Waals surface area contributed by atoms with Gasteiger partial charge in [0.15, 0.2) is 0 Å². The van der Waals surface area contributed by atoms with Crippen LogP contribution < -0.4 is 0 Å². The van der Waals surface area contributed by atoms with Crippen molar-refractivity contribution in [3.05, 3.63) is 72.9 Å². The van der Waals surface area contributed by atoms with Crippen LogP contribution in [0.15, 0.2) is 67.3 Å². The van der Waals surface area contributed by atoms with Crippen molar-refractivity contribution in [2.24, 2.45) is 5.92 Å². The largest absolute Gasteiger partial charge is 0.338 e. The molecule has 2 unspecified atom stereocenters. The number of piperidine rings is 1. The van der Waals surface area contributed by atoms with Crippen LogP contribution >= 0.6 is 0 Å². The number of carbonyl (C=O) groups is 1. The number of nitrogens with zero attached hydrogens (tertiary/aromatic N) is 1. The molecule has 2 nitrogen and oxygen atoms in total. The molecule has 20 heavy (non-hydrogen) atoms. The number of likely N-dealkylation sites (tertiary alicyclic amines) is 1. The molecule has 0 aromatic heterocycles. The number of hydrogen-bond donors (Lipinski definition) is 0. The minimum atomic E-state index is 0.153. The van der Waals surface area contributed by atoms with Crippen molar-refractivity contribution in [3.63, 3.8) is 0 Å². The molecule has 2 rings (SSSR count). The summed E-state index contributed by atoms with van der Waals surface area (Å²) in [4.78, 5) is 13.2. The standard InChI is InChI=1S/C18H21NO/c1-3-8-15(4-2)17-11-12-19(14-20)18(13-17)16-9-6-5-7-10-16/h3-10,14,17-18H,1-2,11-13H2/b15-8+. The SMILES string of the molecule is C=C/C=C(\C=C)C1CCN(C=O)C(c2ccccc2)C1. The summed E-state index contributed by atoms with van der Waals surface area (Å²) in [5.74, 6) is 0.437. The van der Waals surface area contributed by atoms with Gasteiger partial charge in [-0.15, -0.1) is 0 Å². The van der Waals surface area contributed by atoms with Crippen LogP contribution in [-0.2, 0) is 4.79 Å². The highest BCUT2D eigenvalue weighted by atomic mass is 16.1.